The van der Waals surface area contributed by atoms with Gasteiger partial charge in [0.1, 0.15) is 0 Å². The summed E-state index contributed by atoms with van der Waals surface area (Å²) < 4.78 is 0. The molecular formula is C2HN2O2-. The van der Waals surface area contributed by atoms with Crippen LogP contribution in [0, 0.1) is 0 Å². The molecule has 6 heavy (non-hydrogen) atoms. The summed E-state index contributed by atoms with van der Waals surface area (Å²) in [5, 5.41) is 7.55. The summed E-state index contributed by atoms with van der Waals surface area (Å²) in [6.45, 7) is 0. The molecule has 0 saturated carbocycles. The summed E-state index contributed by atoms with van der Waals surface area (Å²) in [5.41, 5.74) is 7.37. The van der Waals surface area contributed by atoms with Crippen molar-refractivity contribution >= 4 is 12.2 Å². The van der Waals surface area contributed by atoms with Gasteiger partial charge in [0, 0.05) is 0 Å². The lowest BCUT2D eigenvalue weighted by molar-refractivity contribution is -0.132. The van der Waals surface area contributed by atoms with Crippen LogP contribution in [-0.4, -0.2) is 22.1 Å². The van der Waals surface area contributed by atoms with Crippen LogP contribution < -0.4 is 0 Å². The van der Waals surface area contributed by atoms with Crippen LogP contribution in [0.2, 0.25) is 0 Å². The molecule has 4 nitrogen and oxygen atoms in total. The molecule has 1 N–H and O–H groups in total. The summed E-state index contributed by atoms with van der Waals surface area (Å²) in [7, 11) is 0. The lowest BCUT2D eigenvalue weighted by Gasteiger charge is -1.73. The van der Waals surface area contributed by atoms with Gasteiger partial charge in [-0.25, -0.2) is 0 Å². The van der Waals surface area contributed by atoms with E-state index >= 15 is 0 Å². The smallest absolute Gasteiger partial charge is 0.223 e. The Balaban J connectivity index is 3.60. The molecule has 0 unspecified atom stereocenters. The second-order valence-electron chi connectivity index (χ2n) is 0.517. The molecule has 0 spiro atoms. The van der Waals surface area contributed by atoms with Gasteiger partial charge >= 0.3 is 0 Å². The maximum absolute atomic E-state index is 9.23. The van der Waals surface area contributed by atoms with E-state index in [1.54, 1.807) is 0 Å². The Hall–Kier alpha value is -1.15. The highest BCUT2D eigenvalue weighted by Gasteiger charge is 1.68. The zero-order valence-corrected chi connectivity index (χ0v) is 2.75. The van der Waals surface area contributed by atoms with E-state index < -0.39 is 5.97 Å². The largest absolute Gasteiger partial charge is 0.500 e. The van der Waals surface area contributed by atoms with Crippen molar-refractivity contribution in [1.29, 1.82) is 0 Å². The van der Waals surface area contributed by atoms with Gasteiger partial charge in [-0.1, -0.05) is 0 Å². The normalized spacial score (nSPS) is 6.00. The van der Waals surface area contributed by atoms with Gasteiger partial charge in [-0.2, -0.15) is 0 Å². The van der Waals surface area contributed by atoms with Crippen molar-refractivity contribution in [1.82, 2.24) is 0 Å². The average Bonchev–Trinajstić information content (AvgIpc) is 1.35. The van der Waals surface area contributed by atoms with Crippen molar-refractivity contribution in [2.75, 3.05) is 0 Å². The van der Waals surface area contributed by atoms with Crippen LogP contribution in [0.4, 0.5) is 0 Å². The lowest BCUT2D eigenvalue weighted by atomic mass is 10.8. The number of aliphatic carboxylic acids is 1. The van der Waals surface area contributed by atoms with E-state index in [0.29, 0.717) is 0 Å². The maximum atomic E-state index is 9.23. The van der Waals surface area contributed by atoms with E-state index in [9.17, 15) is 4.79 Å². The minimum absolute atomic E-state index is 1.31. The number of nitrogens with zero attached hydrogens (tertiary/aromatic N) is 2. The Morgan fingerprint density at radius 1 is 2.00 bits per heavy atom. The molecule has 0 atom stereocenters. The molecule has 0 fully saturated rings. The summed E-state index contributed by atoms with van der Waals surface area (Å²) in [4.78, 5) is 11.3. The van der Waals surface area contributed by atoms with Crippen LogP contribution in [0.3, 0.4) is 0 Å². The first-order valence-electron chi connectivity index (χ1n) is 1.10. The average molecular weight is 85.0 g/mol. The highest BCUT2D eigenvalue weighted by atomic mass is 16.4. The fourth-order valence-electron chi connectivity index (χ4n) is 0.0428. The van der Waals surface area contributed by atoms with Gasteiger partial charge in [-0.15, -0.1) is 0 Å². The Morgan fingerprint density at radius 3 is 2.50 bits per heavy atom. The molecule has 0 saturated heterocycles. The van der Waals surface area contributed by atoms with Crippen LogP contribution in [0.1, 0.15) is 0 Å². The minimum atomic E-state index is -1.38. The first-order valence-corrected chi connectivity index (χ1v) is 1.10. The lowest BCUT2D eigenvalue weighted by Crippen LogP contribution is -1.94. The second-order valence-corrected chi connectivity index (χ2v) is 0.517. The van der Waals surface area contributed by atoms with Crippen LogP contribution in [0.15, 0.2) is 0 Å². The van der Waals surface area contributed by atoms with Crippen molar-refractivity contribution in [3.05, 3.63) is 5.53 Å². The van der Waals surface area contributed by atoms with Gasteiger partial charge in [-0.05, 0) is 0 Å². The zero-order valence-electron chi connectivity index (χ0n) is 2.75. The van der Waals surface area contributed by atoms with Crippen LogP contribution in [0.5, 0.6) is 0 Å². The molecule has 0 bridgehead atoms. The highest BCUT2D eigenvalue weighted by molar-refractivity contribution is 6.19. The minimum Gasteiger partial charge on any atom is -0.500 e. The third-order valence-corrected chi connectivity index (χ3v) is 0.146. The highest BCUT2D eigenvalue weighted by Crippen LogP contribution is 1.41. The predicted molar refractivity (Wildman–Crippen MR) is 16.3 cm³/mol. The number of hydrogen-bond acceptors (Lipinski definition) is 1. The zero-order chi connectivity index (χ0) is 4.99. The first-order chi connectivity index (χ1) is 2.77. The fraction of sp³-hybridized carbons (Fsp3) is 0. The molecule has 32 valence electrons. The van der Waals surface area contributed by atoms with Gasteiger partial charge in [-0.3, -0.25) is 4.79 Å². The van der Waals surface area contributed by atoms with Crippen LogP contribution in [-0.2, 0) is 4.79 Å². The SMILES string of the molecule is [N-]=[N+]=[C-]C(=O)O. The van der Waals surface area contributed by atoms with E-state index in [0.717, 1.165) is 0 Å². The van der Waals surface area contributed by atoms with E-state index in [2.05, 4.69) is 4.79 Å². The number of carboxylic acids is 1. The number of hydrogen-bond donors (Lipinski definition) is 1. The maximum Gasteiger partial charge on any atom is 0.223 e. The van der Waals surface area contributed by atoms with E-state index in [1.807, 2.05) is 0 Å². The molecule has 0 aromatic rings. The number of rotatable bonds is 1. The molecule has 0 rings (SSSR count). The van der Waals surface area contributed by atoms with Gasteiger partial charge in [0.25, 0.3) is 0 Å². The summed E-state index contributed by atoms with van der Waals surface area (Å²) >= 11 is 0. The molecule has 0 amide bonds. The first kappa shape index (κ1) is 4.85. The molecule has 0 heterocycles. The topological polar surface area (TPSA) is 73.7 Å². The Kier molecular flexibility index (Phi) is 1.71. The standard InChI is InChI=1S/C2HN2O2/c3-4-1-2(5)6/h(H,5,6)/q-1. The van der Waals surface area contributed by atoms with Gasteiger partial charge in [0.2, 0.25) is 5.97 Å². The Labute approximate surface area is 33.6 Å². The Bertz CT molecular complexity index is 102. The van der Waals surface area contributed by atoms with E-state index in [4.69, 9.17) is 10.6 Å². The summed E-state index contributed by atoms with van der Waals surface area (Å²) in [5.74, 6) is -1.38. The van der Waals surface area contributed by atoms with Gasteiger partial charge in [0.15, 0.2) is 0 Å². The molecule has 0 aromatic carbocycles. The van der Waals surface area contributed by atoms with Crippen molar-refractivity contribution in [3.8, 4) is 0 Å². The third kappa shape index (κ3) is 2.85. The van der Waals surface area contributed by atoms with Crippen molar-refractivity contribution in [2.45, 2.75) is 0 Å². The molecule has 0 aliphatic heterocycles. The quantitative estimate of drug-likeness (QED) is 0.197. The number of carbonyl (C=O) groups is 1. The fourth-order valence-corrected chi connectivity index (χ4v) is 0.0428. The van der Waals surface area contributed by atoms with Gasteiger partial charge in [0.05, 0.1) is 6.21 Å². The summed E-state index contributed by atoms with van der Waals surface area (Å²) in [6, 6.07) is 0. The van der Waals surface area contributed by atoms with Crippen molar-refractivity contribution in [3.63, 3.8) is 0 Å². The summed E-state index contributed by atoms with van der Waals surface area (Å²) in [6.07, 6.45) is 1.31. The van der Waals surface area contributed by atoms with Crippen LogP contribution >= 0.6 is 0 Å². The van der Waals surface area contributed by atoms with E-state index in [-0.39, 0.29) is 0 Å². The van der Waals surface area contributed by atoms with Gasteiger partial charge < -0.3 is 15.4 Å². The van der Waals surface area contributed by atoms with Crippen molar-refractivity contribution in [2.24, 2.45) is 0 Å². The third-order valence-electron chi connectivity index (χ3n) is 0.146. The molecule has 0 aromatic heterocycles. The monoisotopic (exact) mass is 85.0 g/mol. The number of carboxylic acid groups (broad SMARTS) is 1. The van der Waals surface area contributed by atoms with Crippen molar-refractivity contribution < 1.29 is 14.7 Å². The predicted octanol–water partition coefficient (Wildman–Crippen LogP) is -0.751. The molecule has 0 aliphatic rings. The second kappa shape index (κ2) is 2.11. The Morgan fingerprint density at radius 2 is 2.50 bits per heavy atom. The van der Waals surface area contributed by atoms with Crippen LogP contribution in [0.25, 0.3) is 5.53 Å². The molecule has 0 aliphatic carbocycles. The molecule has 0 radical (unpaired) electrons. The molecular weight excluding hydrogens is 84.0 g/mol. The van der Waals surface area contributed by atoms with E-state index in [1.165, 1.54) is 6.21 Å². The molecule has 4 heteroatoms.